The first-order valence-electron chi connectivity index (χ1n) is 3.51. The quantitative estimate of drug-likeness (QED) is 0.561. The van der Waals surface area contributed by atoms with Crippen LogP contribution in [0.2, 0.25) is 0 Å². The van der Waals surface area contributed by atoms with Crippen molar-refractivity contribution in [2.24, 2.45) is 5.40 Å². The summed E-state index contributed by atoms with van der Waals surface area (Å²) in [4.78, 5) is 0. The van der Waals surface area contributed by atoms with Gasteiger partial charge in [-0.2, -0.15) is 0 Å². The Labute approximate surface area is 64.2 Å². The van der Waals surface area contributed by atoms with E-state index in [-0.39, 0.29) is 0 Å². The Morgan fingerprint density at radius 3 is 2.50 bits per heavy atom. The van der Waals surface area contributed by atoms with Crippen LogP contribution in [-0.4, -0.2) is 9.68 Å². The van der Waals surface area contributed by atoms with Gasteiger partial charge < -0.3 is 5.40 Å². The minimum absolute atomic E-state index is 0.459. The van der Waals surface area contributed by atoms with Gasteiger partial charge in [0.1, 0.15) is 9.68 Å². The summed E-state index contributed by atoms with van der Waals surface area (Å²) in [5, 5.41) is 7.05. The van der Waals surface area contributed by atoms with Gasteiger partial charge in [0, 0.05) is 0 Å². The molecule has 0 saturated carbocycles. The van der Waals surface area contributed by atoms with Crippen molar-refractivity contribution in [1.82, 2.24) is 0 Å². The van der Waals surface area contributed by atoms with E-state index in [0.717, 1.165) is 0 Å². The minimum Gasteiger partial charge on any atom is -0.352 e. The largest absolute Gasteiger partial charge is 0.352 e. The Morgan fingerprint density at radius 2 is 2.00 bits per heavy atom. The fourth-order valence-corrected chi connectivity index (χ4v) is 1.89. The molecule has 0 unspecified atom stereocenters. The Bertz CT molecular complexity index is 233. The van der Waals surface area contributed by atoms with Gasteiger partial charge in [0.05, 0.1) is 0 Å². The van der Waals surface area contributed by atoms with Crippen molar-refractivity contribution in [3.63, 3.8) is 0 Å². The van der Waals surface area contributed by atoms with Crippen LogP contribution in [0.5, 0.6) is 0 Å². The topological polar surface area (TPSA) is 26.0 Å². The highest BCUT2D eigenvalue weighted by Gasteiger charge is 1.96. The smallest absolute Gasteiger partial charge is 0.122 e. The lowest BCUT2D eigenvalue weighted by molar-refractivity contribution is 1.36. The summed E-state index contributed by atoms with van der Waals surface area (Å²) >= 11 is 0. The van der Waals surface area contributed by atoms with E-state index in [0.29, 0.717) is 0 Å². The fourth-order valence-electron chi connectivity index (χ4n) is 1.03. The van der Waals surface area contributed by atoms with Gasteiger partial charge in [0.25, 0.3) is 0 Å². The van der Waals surface area contributed by atoms with Crippen LogP contribution in [0.3, 0.4) is 0 Å². The fraction of sp³-hybridized carbons (Fsp3) is 0.250. The molecule has 0 fully saturated rings. The molecule has 0 aliphatic rings. The molecule has 0 spiro atoms. The van der Waals surface area contributed by atoms with Crippen LogP contribution in [0.4, 0.5) is 0 Å². The number of benzene rings is 1. The predicted octanol–water partition coefficient (Wildman–Crippen LogP) is -0.0288. The van der Waals surface area contributed by atoms with Crippen molar-refractivity contribution in [2.75, 3.05) is 0 Å². The van der Waals surface area contributed by atoms with Gasteiger partial charge in [-0.1, -0.05) is 18.2 Å². The molecule has 0 aromatic heterocycles. The number of hydrogen-bond donors (Lipinski definition) is 1. The van der Waals surface area contributed by atoms with E-state index in [4.69, 9.17) is 5.40 Å². The molecule has 1 rings (SSSR count). The molecule has 0 bridgehead atoms. The highest BCUT2D eigenvalue weighted by Crippen LogP contribution is 2.00. The third-order valence-corrected chi connectivity index (χ3v) is 3.14. The second kappa shape index (κ2) is 2.99. The minimum atomic E-state index is -0.459. The van der Waals surface area contributed by atoms with E-state index in [2.05, 4.69) is 32.0 Å². The molecule has 2 N–H and O–H groups in total. The van der Waals surface area contributed by atoms with Gasteiger partial charge in [0.15, 0.2) is 0 Å². The average Bonchev–Trinajstić information content (AvgIpc) is 1.95. The van der Waals surface area contributed by atoms with Crippen LogP contribution in [0.15, 0.2) is 18.2 Å². The normalized spacial score (nSPS) is 11.1. The van der Waals surface area contributed by atoms with Crippen LogP contribution < -0.4 is 10.6 Å². The van der Waals surface area contributed by atoms with E-state index in [1.54, 1.807) is 0 Å². The highest BCUT2D eigenvalue weighted by atomic mass is 28.2. The molecule has 54 valence electrons. The first kappa shape index (κ1) is 7.50. The van der Waals surface area contributed by atoms with E-state index in [9.17, 15) is 0 Å². The molecule has 0 heterocycles. The highest BCUT2D eigenvalue weighted by molar-refractivity contribution is 6.50. The van der Waals surface area contributed by atoms with Crippen molar-refractivity contribution in [2.45, 2.75) is 13.8 Å². The second-order valence-corrected chi connectivity index (χ2v) is 3.73. The lowest BCUT2D eigenvalue weighted by Crippen LogP contribution is -2.25. The van der Waals surface area contributed by atoms with Crippen LogP contribution >= 0.6 is 0 Å². The standard InChI is InChI=1S/C8H13NSi/c1-6-4-3-5-8(10-9)7(6)2/h3-5H,9-10H2,1-2H3. The Hall–Kier alpha value is -0.603. The molecule has 0 aliphatic heterocycles. The molecular formula is C8H13NSi. The molecule has 10 heavy (non-hydrogen) atoms. The summed E-state index contributed by atoms with van der Waals surface area (Å²) in [6, 6.07) is 6.34. The van der Waals surface area contributed by atoms with Crippen molar-refractivity contribution in [3.05, 3.63) is 29.3 Å². The molecule has 0 saturated heterocycles. The lowest BCUT2D eigenvalue weighted by atomic mass is 10.1. The van der Waals surface area contributed by atoms with Gasteiger partial charge in [0.2, 0.25) is 0 Å². The molecule has 1 nitrogen and oxygen atoms in total. The number of nitrogens with two attached hydrogens (primary N) is 1. The summed E-state index contributed by atoms with van der Waals surface area (Å²) < 4.78 is 0. The summed E-state index contributed by atoms with van der Waals surface area (Å²) in [5.74, 6) is 0. The monoisotopic (exact) mass is 151 g/mol. The maximum Gasteiger partial charge on any atom is 0.122 e. The lowest BCUT2D eigenvalue weighted by Gasteiger charge is -2.03. The molecule has 0 aliphatic carbocycles. The molecule has 2 heteroatoms. The summed E-state index contributed by atoms with van der Waals surface area (Å²) in [7, 11) is -0.459. The molecule has 1 aromatic rings. The summed E-state index contributed by atoms with van der Waals surface area (Å²) in [6.07, 6.45) is 0. The number of hydrogen-bond acceptors (Lipinski definition) is 1. The molecule has 0 atom stereocenters. The Morgan fingerprint density at radius 1 is 1.30 bits per heavy atom. The number of rotatable bonds is 1. The third kappa shape index (κ3) is 1.28. The Balaban J connectivity index is 3.14. The Kier molecular flexibility index (Phi) is 2.24. The maximum absolute atomic E-state index is 5.66. The zero-order chi connectivity index (χ0) is 7.56. The zero-order valence-corrected chi connectivity index (χ0v) is 7.93. The SMILES string of the molecule is Cc1cccc([SiH2]N)c1C. The third-order valence-electron chi connectivity index (χ3n) is 1.94. The van der Waals surface area contributed by atoms with Gasteiger partial charge in [-0.3, -0.25) is 0 Å². The van der Waals surface area contributed by atoms with E-state index in [1.807, 2.05) is 0 Å². The van der Waals surface area contributed by atoms with Crippen LogP contribution in [0.1, 0.15) is 11.1 Å². The van der Waals surface area contributed by atoms with Crippen molar-refractivity contribution in [1.29, 1.82) is 0 Å². The molecular weight excluding hydrogens is 138 g/mol. The summed E-state index contributed by atoms with van der Waals surface area (Å²) in [5.41, 5.74) is 2.74. The van der Waals surface area contributed by atoms with E-state index in [1.165, 1.54) is 16.3 Å². The van der Waals surface area contributed by atoms with Gasteiger partial charge in [-0.25, -0.2) is 0 Å². The van der Waals surface area contributed by atoms with Crippen molar-refractivity contribution in [3.8, 4) is 0 Å². The van der Waals surface area contributed by atoms with E-state index < -0.39 is 9.68 Å². The predicted molar refractivity (Wildman–Crippen MR) is 48.3 cm³/mol. The number of aryl methyl sites for hydroxylation is 1. The van der Waals surface area contributed by atoms with Crippen LogP contribution in [0.25, 0.3) is 0 Å². The first-order chi connectivity index (χ1) is 4.75. The zero-order valence-electron chi connectivity index (χ0n) is 6.52. The first-order valence-corrected chi connectivity index (χ1v) is 5.03. The maximum atomic E-state index is 5.66. The van der Waals surface area contributed by atoms with Crippen molar-refractivity contribution >= 4 is 14.9 Å². The molecule has 0 amide bonds. The van der Waals surface area contributed by atoms with Crippen molar-refractivity contribution < 1.29 is 0 Å². The van der Waals surface area contributed by atoms with Gasteiger partial charge in [-0.05, 0) is 30.2 Å². The molecule has 1 aromatic carbocycles. The van der Waals surface area contributed by atoms with Gasteiger partial charge in [-0.15, -0.1) is 0 Å². The second-order valence-electron chi connectivity index (χ2n) is 2.56. The summed E-state index contributed by atoms with van der Waals surface area (Å²) in [6.45, 7) is 4.27. The van der Waals surface area contributed by atoms with Gasteiger partial charge >= 0.3 is 0 Å². The van der Waals surface area contributed by atoms with E-state index >= 15 is 0 Å². The average molecular weight is 151 g/mol. The van der Waals surface area contributed by atoms with Crippen LogP contribution in [-0.2, 0) is 0 Å². The van der Waals surface area contributed by atoms with Crippen LogP contribution in [0, 0.1) is 13.8 Å². The molecule has 0 radical (unpaired) electrons.